The Morgan fingerprint density at radius 1 is 1.27 bits per heavy atom. The van der Waals surface area contributed by atoms with Crippen LogP contribution >= 0.6 is 0 Å². The van der Waals surface area contributed by atoms with Gasteiger partial charge < -0.3 is 14.9 Å². The summed E-state index contributed by atoms with van der Waals surface area (Å²) in [4.78, 5) is 0. The molecule has 120 valence electrons. The number of aliphatic hydroxyl groups excluding tert-OH is 1. The highest BCUT2D eigenvalue weighted by atomic mass is 16.5. The number of aliphatic hydroxyl groups is 1. The van der Waals surface area contributed by atoms with Crippen molar-refractivity contribution in [2.75, 3.05) is 7.11 Å². The van der Waals surface area contributed by atoms with Crippen LogP contribution in [0.5, 0.6) is 11.5 Å². The van der Waals surface area contributed by atoms with Gasteiger partial charge in [-0.15, -0.1) is 0 Å². The highest BCUT2D eigenvalue weighted by Gasteiger charge is 2.53. The number of phenolic OH excluding ortho intramolecular Hbond substituents is 1. The number of ether oxygens (including phenoxy) is 1. The normalized spacial score (nSPS) is 39.8. The van der Waals surface area contributed by atoms with E-state index >= 15 is 0 Å². The molecule has 0 amide bonds. The summed E-state index contributed by atoms with van der Waals surface area (Å²) in [6, 6.07) is 3.68. The van der Waals surface area contributed by atoms with Gasteiger partial charge in [0, 0.05) is 11.6 Å². The van der Waals surface area contributed by atoms with E-state index in [1.807, 2.05) is 6.07 Å². The lowest BCUT2D eigenvalue weighted by molar-refractivity contribution is 0.0586. The molecule has 4 rings (SSSR count). The second-order valence-corrected chi connectivity index (χ2v) is 7.92. The number of hydrogen-bond acceptors (Lipinski definition) is 3. The second-order valence-electron chi connectivity index (χ2n) is 7.92. The van der Waals surface area contributed by atoms with Crippen molar-refractivity contribution in [2.24, 2.45) is 17.3 Å². The number of hydrogen-bond donors (Lipinski definition) is 2. The summed E-state index contributed by atoms with van der Waals surface area (Å²) in [7, 11) is 1.70. The Hall–Kier alpha value is -1.22. The van der Waals surface area contributed by atoms with Gasteiger partial charge in [-0.2, -0.15) is 0 Å². The number of methoxy groups -OCH3 is 1. The molecule has 0 radical (unpaired) electrons. The Labute approximate surface area is 132 Å². The van der Waals surface area contributed by atoms with Crippen LogP contribution in [0.25, 0.3) is 0 Å². The van der Waals surface area contributed by atoms with Crippen molar-refractivity contribution in [1.82, 2.24) is 0 Å². The van der Waals surface area contributed by atoms with Crippen LogP contribution in [0.3, 0.4) is 0 Å². The first-order valence-electron chi connectivity index (χ1n) is 8.59. The van der Waals surface area contributed by atoms with Crippen LogP contribution < -0.4 is 4.74 Å². The summed E-state index contributed by atoms with van der Waals surface area (Å²) in [6.45, 7) is 2.38. The van der Waals surface area contributed by atoms with Gasteiger partial charge in [0.15, 0.2) is 0 Å². The molecule has 0 bridgehead atoms. The van der Waals surface area contributed by atoms with E-state index in [0.717, 1.165) is 25.0 Å². The van der Waals surface area contributed by atoms with Gasteiger partial charge in [-0.25, -0.2) is 0 Å². The minimum absolute atomic E-state index is 0.114. The number of fused-ring (bicyclic) bond motifs is 5. The Bertz CT molecular complexity index is 579. The fourth-order valence-electron chi connectivity index (χ4n) is 5.86. The molecule has 0 aliphatic heterocycles. The van der Waals surface area contributed by atoms with Crippen LogP contribution in [0.1, 0.15) is 56.1 Å². The van der Waals surface area contributed by atoms with E-state index in [9.17, 15) is 10.2 Å². The molecule has 3 aliphatic rings. The smallest absolute Gasteiger partial charge is 0.126 e. The topological polar surface area (TPSA) is 49.7 Å². The van der Waals surface area contributed by atoms with E-state index in [1.54, 1.807) is 13.2 Å². The van der Waals surface area contributed by atoms with Crippen molar-refractivity contribution in [3.05, 3.63) is 23.3 Å². The Morgan fingerprint density at radius 3 is 2.86 bits per heavy atom. The molecule has 0 unspecified atom stereocenters. The average Bonchev–Trinajstić information content (AvgIpc) is 2.80. The molecule has 3 aliphatic carbocycles. The molecule has 2 N–H and O–H groups in total. The van der Waals surface area contributed by atoms with Crippen LogP contribution in [0.15, 0.2) is 12.1 Å². The largest absolute Gasteiger partial charge is 0.508 e. The third-order valence-electron chi connectivity index (χ3n) is 6.73. The van der Waals surface area contributed by atoms with Gasteiger partial charge >= 0.3 is 0 Å². The van der Waals surface area contributed by atoms with Gasteiger partial charge in [0.25, 0.3) is 0 Å². The molecule has 1 aromatic carbocycles. The summed E-state index contributed by atoms with van der Waals surface area (Å²) in [5.41, 5.74) is 2.92. The summed E-state index contributed by atoms with van der Waals surface area (Å²) in [5.74, 6) is 2.98. The fourth-order valence-corrected chi connectivity index (χ4v) is 5.86. The first kappa shape index (κ1) is 14.4. The van der Waals surface area contributed by atoms with Crippen LogP contribution in [0.2, 0.25) is 0 Å². The maximum atomic E-state index is 10.2. The zero-order chi connectivity index (χ0) is 15.5. The Morgan fingerprint density at radius 2 is 2.09 bits per heavy atom. The average molecular weight is 302 g/mol. The molecular weight excluding hydrogens is 276 g/mol. The number of aryl methyl sites for hydroxylation is 1. The minimum Gasteiger partial charge on any atom is -0.508 e. The highest BCUT2D eigenvalue weighted by molar-refractivity contribution is 5.50. The maximum absolute atomic E-state index is 10.2. The van der Waals surface area contributed by atoms with E-state index in [2.05, 4.69) is 6.92 Å². The molecule has 5 atom stereocenters. The van der Waals surface area contributed by atoms with Gasteiger partial charge in [0.1, 0.15) is 11.5 Å². The molecular formula is C19H26O3. The first-order chi connectivity index (χ1) is 10.5. The molecule has 0 saturated heterocycles. The second kappa shape index (κ2) is 4.89. The predicted molar refractivity (Wildman–Crippen MR) is 85.3 cm³/mol. The highest BCUT2D eigenvalue weighted by Crippen LogP contribution is 2.61. The molecule has 22 heavy (non-hydrogen) atoms. The molecule has 3 nitrogen and oxygen atoms in total. The van der Waals surface area contributed by atoms with Gasteiger partial charge in [0.2, 0.25) is 0 Å². The first-order valence-corrected chi connectivity index (χ1v) is 8.59. The van der Waals surface area contributed by atoms with Crippen molar-refractivity contribution in [2.45, 2.75) is 57.5 Å². The van der Waals surface area contributed by atoms with Crippen molar-refractivity contribution in [3.63, 3.8) is 0 Å². The summed E-state index contributed by atoms with van der Waals surface area (Å²) in [6.07, 6.45) is 6.39. The van der Waals surface area contributed by atoms with Crippen molar-refractivity contribution < 1.29 is 14.9 Å². The SMILES string of the molecule is COc1cc(O)cc2c1[C@H]1CC[C@]3(C)C[C@H](O)C[C@H]3[C@@H]1CC2. The van der Waals surface area contributed by atoms with Gasteiger partial charge in [-0.3, -0.25) is 0 Å². The van der Waals surface area contributed by atoms with Crippen LogP contribution in [-0.2, 0) is 6.42 Å². The lowest BCUT2D eigenvalue weighted by atomic mass is 9.56. The summed E-state index contributed by atoms with van der Waals surface area (Å²) >= 11 is 0. The van der Waals surface area contributed by atoms with Crippen molar-refractivity contribution >= 4 is 0 Å². The third-order valence-corrected chi connectivity index (χ3v) is 6.73. The van der Waals surface area contributed by atoms with Gasteiger partial charge in [0.05, 0.1) is 13.2 Å². The van der Waals surface area contributed by atoms with Gasteiger partial charge in [-0.05, 0) is 73.3 Å². The third kappa shape index (κ3) is 1.98. The lowest BCUT2D eigenvalue weighted by Crippen LogP contribution is -2.39. The Balaban J connectivity index is 1.75. The van der Waals surface area contributed by atoms with E-state index in [4.69, 9.17) is 4.74 Å². The molecule has 0 spiro atoms. The lowest BCUT2D eigenvalue weighted by Gasteiger charge is -2.49. The van der Waals surface area contributed by atoms with Crippen LogP contribution in [0, 0.1) is 17.3 Å². The number of phenols is 1. The maximum Gasteiger partial charge on any atom is 0.126 e. The molecule has 0 heterocycles. The molecule has 1 aromatic rings. The zero-order valence-corrected chi connectivity index (χ0v) is 13.5. The standard InChI is InChI=1S/C19H26O3/c1-19-6-5-15-14(16(19)8-13(21)10-19)4-3-11-7-12(20)9-17(22-2)18(11)15/h7,9,13-16,20-21H,3-6,8,10H2,1-2H3/t13-,14-,15+,16+,19-/m1/s1. The van der Waals surface area contributed by atoms with E-state index in [1.165, 1.54) is 30.4 Å². The van der Waals surface area contributed by atoms with Crippen molar-refractivity contribution in [3.8, 4) is 11.5 Å². The molecule has 2 fully saturated rings. The van der Waals surface area contributed by atoms with Crippen molar-refractivity contribution in [1.29, 1.82) is 0 Å². The number of aromatic hydroxyl groups is 1. The molecule has 3 heteroatoms. The monoisotopic (exact) mass is 302 g/mol. The van der Waals surface area contributed by atoms with Gasteiger partial charge in [-0.1, -0.05) is 6.92 Å². The minimum atomic E-state index is -0.114. The van der Waals surface area contributed by atoms with E-state index < -0.39 is 0 Å². The summed E-state index contributed by atoms with van der Waals surface area (Å²) in [5, 5.41) is 20.1. The zero-order valence-electron chi connectivity index (χ0n) is 13.5. The van der Waals surface area contributed by atoms with Crippen LogP contribution in [0.4, 0.5) is 0 Å². The quantitative estimate of drug-likeness (QED) is 0.833. The molecule has 2 saturated carbocycles. The summed E-state index contributed by atoms with van der Waals surface area (Å²) < 4.78 is 5.59. The number of rotatable bonds is 1. The van der Waals surface area contributed by atoms with E-state index in [0.29, 0.717) is 28.9 Å². The van der Waals surface area contributed by atoms with Crippen LogP contribution in [-0.4, -0.2) is 23.4 Å². The number of benzene rings is 1. The Kier molecular flexibility index (Phi) is 3.19. The molecule has 0 aromatic heterocycles. The fraction of sp³-hybridized carbons (Fsp3) is 0.684. The predicted octanol–water partition coefficient (Wildman–Crippen LogP) is 3.62. The van der Waals surface area contributed by atoms with E-state index in [-0.39, 0.29) is 6.10 Å².